The van der Waals surface area contributed by atoms with E-state index in [1.165, 1.54) is 47.9 Å². The fourth-order valence-electron chi connectivity index (χ4n) is 9.94. The highest BCUT2D eigenvalue weighted by atomic mass is 28.3. The molecule has 3 aromatic heterocycles. The van der Waals surface area contributed by atoms with Gasteiger partial charge in [-0.05, 0) is 80.4 Å². The number of hydrogen-bond acceptors (Lipinski definition) is 1. The monoisotopic (exact) mass is 782 g/mol. The van der Waals surface area contributed by atoms with Gasteiger partial charge in [0.05, 0.1) is 21.9 Å². The van der Waals surface area contributed by atoms with Crippen LogP contribution in [0.5, 0.6) is 0 Å². The van der Waals surface area contributed by atoms with E-state index >= 15 is 0 Å². The maximum atomic E-state index is 6.79. The molecule has 3 heterocycles. The van der Waals surface area contributed by atoms with E-state index in [4.69, 9.17) is 4.42 Å². The van der Waals surface area contributed by atoms with Crippen LogP contribution in [-0.2, 0) is 0 Å². The standard InChI is InChI=1S/C56H38N2OSi/c1-4-17-40(18-5-1)58-52-29-15-12-25-49(52)55-54-46(26-16-30-53(54)59-56(55)58)39-31-35-44(36-32-39)60(42-19-6-2-7-20-42,43-21-8-3-9-22-43)45-37-33-41(34-38-45)57-50-27-13-10-23-47(50)48-24-11-14-28-51(48)57/h1-38H. The van der Waals surface area contributed by atoms with E-state index in [9.17, 15) is 0 Å². The molecule has 0 N–H and O–H groups in total. The third-order valence-electron chi connectivity index (χ3n) is 12.5. The second-order valence-corrected chi connectivity index (χ2v) is 19.4. The molecular weight excluding hydrogens is 745 g/mol. The number of benzene rings is 9. The van der Waals surface area contributed by atoms with Crippen LogP contribution in [0.2, 0.25) is 0 Å². The Morgan fingerprint density at radius 3 is 1.35 bits per heavy atom. The van der Waals surface area contributed by atoms with Gasteiger partial charge in [0.2, 0.25) is 5.71 Å². The summed E-state index contributed by atoms with van der Waals surface area (Å²) in [7, 11) is -2.82. The number of hydrogen-bond donors (Lipinski definition) is 0. The normalized spacial score (nSPS) is 12.0. The van der Waals surface area contributed by atoms with Crippen LogP contribution in [0, 0.1) is 0 Å². The topological polar surface area (TPSA) is 23.0 Å². The SMILES string of the molecule is c1ccc(-n2c3ccccc3c3c4c(-c5ccc([Si](c6ccccc6)(c6ccccc6)c6ccc(-n7c8ccccc8c8ccccc87)cc6)cc5)cccc4oc32)cc1. The minimum absolute atomic E-state index is 0.866. The minimum Gasteiger partial charge on any atom is -0.439 e. The lowest BCUT2D eigenvalue weighted by Crippen LogP contribution is -2.74. The molecule has 0 radical (unpaired) electrons. The highest BCUT2D eigenvalue weighted by Crippen LogP contribution is 2.43. The Kier molecular flexibility index (Phi) is 7.87. The zero-order valence-electron chi connectivity index (χ0n) is 32.7. The van der Waals surface area contributed by atoms with Crippen molar-refractivity contribution in [3.63, 3.8) is 0 Å². The molecule has 12 aromatic rings. The van der Waals surface area contributed by atoms with Gasteiger partial charge >= 0.3 is 0 Å². The maximum absolute atomic E-state index is 6.79. The molecule has 282 valence electrons. The van der Waals surface area contributed by atoms with Crippen LogP contribution in [0.25, 0.3) is 77.3 Å². The van der Waals surface area contributed by atoms with Gasteiger partial charge in [-0.25, -0.2) is 0 Å². The molecule has 0 bridgehead atoms. The summed E-state index contributed by atoms with van der Waals surface area (Å²) in [5.74, 6) is 0. The molecule has 0 unspecified atom stereocenters. The molecule has 0 saturated heterocycles. The molecule has 0 fully saturated rings. The van der Waals surface area contributed by atoms with Crippen molar-refractivity contribution in [2.45, 2.75) is 0 Å². The highest BCUT2D eigenvalue weighted by Gasteiger charge is 2.41. The lowest BCUT2D eigenvalue weighted by atomic mass is 9.99. The van der Waals surface area contributed by atoms with E-state index in [0.717, 1.165) is 50.1 Å². The van der Waals surface area contributed by atoms with Crippen molar-refractivity contribution < 1.29 is 4.42 Å². The highest BCUT2D eigenvalue weighted by molar-refractivity contribution is 7.19. The van der Waals surface area contributed by atoms with E-state index in [-0.39, 0.29) is 0 Å². The van der Waals surface area contributed by atoms with Crippen LogP contribution in [0.4, 0.5) is 0 Å². The van der Waals surface area contributed by atoms with Gasteiger partial charge in [-0.3, -0.25) is 4.57 Å². The zero-order valence-corrected chi connectivity index (χ0v) is 33.7. The third-order valence-corrected chi connectivity index (χ3v) is 17.3. The fourth-order valence-corrected chi connectivity index (χ4v) is 14.7. The van der Waals surface area contributed by atoms with Crippen molar-refractivity contribution in [2.75, 3.05) is 0 Å². The summed E-state index contributed by atoms with van der Waals surface area (Å²) in [6.07, 6.45) is 0. The van der Waals surface area contributed by atoms with Crippen molar-refractivity contribution in [1.82, 2.24) is 9.13 Å². The van der Waals surface area contributed by atoms with Gasteiger partial charge in [-0.15, -0.1) is 0 Å². The molecule has 0 spiro atoms. The van der Waals surface area contributed by atoms with Crippen molar-refractivity contribution >= 4 is 83.6 Å². The van der Waals surface area contributed by atoms with Crippen LogP contribution in [-0.4, -0.2) is 17.2 Å². The number of fused-ring (bicyclic) bond motifs is 8. The first-order chi connectivity index (χ1) is 29.8. The Morgan fingerprint density at radius 1 is 0.317 bits per heavy atom. The first-order valence-corrected chi connectivity index (χ1v) is 22.6. The molecule has 12 rings (SSSR count). The molecule has 0 aliphatic carbocycles. The van der Waals surface area contributed by atoms with E-state index in [0.29, 0.717) is 0 Å². The van der Waals surface area contributed by atoms with Gasteiger partial charge in [0.15, 0.2) is 8.07 Å². The molecule has 4 heteroatoms. The van der Waals surface area contributed by atoms with Gasteiger partial charge in [0, 0.05) is 32.9 Å². The van der Waals surface area contributed by atoms with Crippen molar-refractivity contribution in [3.05, 3.63) is 231 Å². The third kappa shape index (κ3) is 5.08. The van der Waals surface area contributed by atoms with Crippen LogP contribution in [0.15, 0.2) is 235 Å². The molecule has 60 heavy (non-hydrogen) atoms. The van der Waals surface area contributed by atoms with Crippen LogP contribution in [0.3, 0.4) is 0 Å². The number of rotatable bonds is 7. The Morgan fingerprint density at radius 2 is 0.767 bits per heavy atom. The Balaban J connectivity index is 1.05. The van der Waals surface area contributed by atoms with Crippen LogP contribution in [0.1, 0.15) is 0 Å². The molecule has 0 atom stereocenters. The van der Waals surface area contributed by atoms with E-state index in [1.54, 1.807) is 0 Å². The summed E-state index contributed by atoms with van der Waals surface area (Å²) in [4.78, 5) is 0. The van der Waals surface area contributed by atoms with E-state index in [2.05, 4.69) is 240 Å². The van der Waals surface area contributed by atoms with Crippen LogP contribution >= 0.6 is 0 Å². The molecule has 0 amide bonds. The maximum Gasteiger partial charge on any atom is 0.213 e. The molecule has 0 aliphatic rings. The zero-order chi connectivity index (χ0) is 39.6. The molecule has 3 nitrogen and oxygen atoms in total. The van der Waals surface area contributed by atoms with Gasteiger partial charge in [0.25, 0.3) is 0 Å². The van der Waals surface area contributed by atoms with E-state index < -0.39 is 8.07 Å². The molecule has 9 aromatic carbocycles. The fraction of sp³-hybridized carbons (Fsp3) is 0. The van der Waals surface area contributed by atoms with Crippen molar-refractivity contribution in [3.8, 4) is 22.5 Å². The summed E-state index contributed by atoms with van der Waals surface area (Å²) < 4.78 is 11.4. The van der Waals surface area contributed by atoms with Gasteiger partial charge in [-0.1, -0.05) is 182 Å². The Bertz CT molecular complexity index is 3420. The predicted octanol–water partition coefficient (Wildman–Crippen LogP) is 11.7. The predicted molar refractivity (Wildman–Crippen MR) is 254 cm³/mol. The second kappa shape index (κ2) is 13.7. The molecule has 0 aliphatic heterocycles. The number of para-hydroxylation sites is 4. The lowest BCUT2D eigenvalue weighted by molar-refractivity contribution is 0.645. The quantitative estimate of drug-likeness (QED) is 0.117. The first kappa shape index (κ1) is 34.4. The van der Waals surface area contributed by atoms with Crippen molar-refractivity contribution in [2.24, 2.45) is 0 Å². The van der Waals surface area contributed by atoms with Gasteiger partial charge in [0.1, 0.15) is 5.58 Å². The molecule has 0 saturated carbocycles. The number of aromatic nitrogens is 2. The van der Waals surface area contributed by atoms with Crippen LogP contribution < -0.4 is 20.7 Å². The van der Waals surface area contributed by atoms with Crippen molar-refractivity contribution in [1.29, 1.82) is 0 Å². The average molecular weight is 783 g/mol. The second-order valence-electron chi connectivity index (χ2n) is 15.6. The van der Waals surface area contributed by atoms with E-state index in [1.807, 2.05) is 0 Å². The summed E-state index contributed by atoms with van der Waals surface area (Å²) in [6, 6.07) is 84.3. The van der Waals surface area contributed by atoms with Gasteiger partial charge in [-0.2, -0.15) is 0 Å². The largest absolute Gasteiger partial charge is 0.439 e. The summed E-state index contributed by atoms with van der Waals surface area (Å²) >= 11 is 0. The number of furan rings is 1. The Hall–Kier alpha value is -7.66. The molecular formula is C56H38N2OSi. The summed E-state index contributed by atoms with van der Waals surface area (Å²) in [5.41, 5.74) is 9.88. The lowest BCUT2D eigenvalue weighted by Gasteiger charge is -2.34. The average Bonchev–Trinajstić information content (AvgIpc) is 3.98. The first-order valence-electron chi connectivity index (χ1n) is 20.6. The minimum atomic E-state index is -2.82. The Labute approximate surface area is 348 Å². The smallest absolute Gasteiger partial charge is 0.213 e. The number of nitrogens with zero attached hydrogens (tertiary/aromatic N) is 2. The summed E-state index contributed by atoms with van der Waals surface area (Å²) in [5, 5.41) is 11.4. The summed E-state index contributed by atoms with van der Waals surface area (Å²) in [6.45, 7) is 0. The van der Waals surface area contributed by atoms with Gasteiger partial charge < -0.3 is 8.98 Å².